The van der Waals surface area contributed by atoms with Crippen LogP contribution in [0.1, 0.15) is 46.5 Å². The number of amides is 1. The van der Waals surface area contributed by atoms with Gasteiger partial charge in [0.25, 0.3) is 0 Å². The molecule has 0 aliphatic heterocycles. The van der Waals surface area contributed by atoms with Crippen molar-refractivity contribution in [2.75, 3.05) is 25.1 Å². The maximum Gasteiger partial charge on any atom is 0.411 e. The highest BCUT2D eigenvalue weighted by atomic mass is 16.6. The average Bonchev–Trinajstić information content (AvgIpc) is 2.60. The quantitative estimate of drug-likeness (QED) is 0.713. The van der Waals surface area contributed by atoms with E-state index in [4.69, 9.17) is 14.2 Å². The first-order valence-corrected chi connectivity index (χ1v) is 9.60. The molecular weight excluding hydrogens is 346 g/mol. The summed E-state index contributed by atoms with van der Waals surface area (Å²) in [7, 11) is 0. The topological polar surface area (TPSA) is 73.9 Å². The van der Waals surface area contributed by atoms with Crippen LogP contribution in [0.5, 0.6) is 0 Å². The van der Waals surface area contributed by atoms with Gasteiger partial charge < -0.3 is 14.2 Å². The molecule has 1 saturated carbocycles. The molecule has 1 amide bonds. The third kappa shape index (κ3) is 8.91. The summed E-state index contributed by atoms with van der Waals surface area (Å²) in [4.78, 5) is 23.5. The minimum Gasteiger partial charge on any atom is -0.458 e. The summed E-state index contributed by atoms with van der Waals surface area (Å²) in [6.45, 7) is 6.53. The van der Waals surface area contributed by atoms with Gasteiger partial charge in [-0.2, -0.15) is 0 Å². The lowest BCUT2D eigenvalue weighted by molar-refractivity contribution is -0.160. The normalized spacial score (nSPS) is 20.0. The number of esters is 1. The molecule has 0 spiro atoms. The van der Waals surface area contributed by atoms with E-state index in [-0.39, 0.29) is 12.6 Å². The van der Waals surface area contributed by atoms with Crippen LogP contribution in [0.4, 0.5) is 10.5 Å². The molecular formula is C21H31NO5. The first kappa shape index (κ1) is 21.2. The van der Waals surface area contributed by atoms with E-state index in [0.29, 0.717) is 25.0 Å². The van der Waals surface area contributed by atoms with Crippen molar-refractivity contribution in [1.82, 2.24) is 0 Å². The first-order valence-electron chi connectivity index (χ1n) is 9.60. The summed E-state index contributed by atoms with van der Waals surface area (Å²) in [5.74, 6) is 0.504. The Morgan fingerprint density at radius 3 is 2.19 bits per heavy atom. The van der Waals surface area contributed by atoms with Crippen LogP contribution in [0.3, 0.4) is 0 Å². The van der Waals surface area contributed by atoms with Crippen LogP contribution in [-0.2, 0) is 19.0 Å². The molecule has 2 rings (SSSR count). The molecule has 27 heavy (non-hydrogen) atoms. The number of para-hydroxylation sites is 1. The fraction of sp³-hybridized carbons (Fsp3) is 0.619. The molecule has 1 aliphatic rings. The van der Waals surface area contributed by atoms with E-state index in [2.05, 4.69) is 5.32 Å². The van der Waals surface area contributed by atoms with Gasteiger partial charge in [-0.1, -0.05) is 18.2 Å². The Morgan fingerprint density at radius 2 is 1.59 bits per heavy atom. The van der Waals surface area contributed by atoms with Gasteiger partial charge in [0.05, 0.1) is 13.2 Å². The second-order valence-electron chi connectivity index (χ2n) is 8.08. The van der Waals surface area contributed by atoms with E-state index < -0.39 is 11.7 Å². The van der Waals surface area contributed by atoms with E-state index in [1.54, 1.807) is 0 Å². The third-order valence-electron chi connectivity index (χ3n) is 4.43. The van der Waals surface area contributed by atoms with Gasteiger partial charge in [-0.05, 0) is 70.4 Å². The number of hydrogen-bond donors (Lipinski definition) is 1. The highest BCUT2D eigenvalue weighted by molar-refractivity contribution is 5.84. The zero-order chi connectivity index (χ0) is 19.7. The summed E-state index contributed by atoms with van der Waals surface area (Å²) in [5.41, 5.74) is 0.249. The molecule has 0 aromatic heterocycles. The van der Waals surface area contributed by atoms with E-state index in [1.807, 2.05) is 51.1 Å². The van der Waals surface area contributed by atoms with Crippen LogP contribution < -0.4 is 5.32 Å². The van der Waals surface area contributed by atoms with E-state index >= 15 is 0 Å². The molecule has 6 nitrogen and oxygen atoms in total. The van der Waals surface area contributed by atoms with Crippen molar-refractivity contribution in [3.05, 3.63) is 30.3 Å². The number of nitrogens with one attached hydrogen (secondary N) is 1. The largest absolute Gasteiger partial charge is 0.458 e. The van der Waals surface area contributed by atoms with Gasteiger partial charge in [-0.3, -0.25) is 5.32 Å². The minimum absolute atomic E-state index is 0.0000328. The smallest absolute Gasteiger partial charge is 0.411 e. The highest BCUT2D eigenvalue weighted by Crippen LogP contribution is 2.29. The molecule has 0 atom stereocenters. The Labute approximate surface area is 161 Å². The van der Waals surface area contributed by atoms with Gasteiger partial charge >= 0.3 is 12.1 Å². The number of hydrogen-bond acceptors (Lipinski definition) is 5. The molecule has 6 heteroatoms. The van der Waals surface area contributed by atoms with Gasteiger partial charge in [0.15, 0.2) is 0 Å². The second-order valence-corrected chi connectivity index (χ2v) is 8.08. The minimum atomic E-state index is -0.481. The molecule has 150 valence electrons. The second kappa shape index (κ2) is 10.3. The molecule has 0 unspecified atom stereocenters. The van der Waals surface area contributed by atoms with Crippen LogP contribution >= 0.6 is 0 Å². The molecule has 1 N–H and O–H groups in total. The van der Waals surface area contributed by atoms with E-state index in [1.165, 1.54) is 0 Å². The standard InChI is InChI=1S/C21H31NO5/c1-21(2,3)27-19(23)15-25-13-16-9-11-17(12-10-16)14-26-20(24)22-18-7-5-4-6-8-18/h4-8,16-17H,9-15H2,1-3H3,(H,22,24). The Bertz CT molecular complexity index is 588. The molecule has 1 aromatic carbocycles. The van der Waals surface area contributed by atoms with Gasteiger partial charge in [0, 0.05) is 5.69 Å². The Hall–Kier alpha value is -2.08. The fourth-order valence-corrected chi connectivity index (χ4v) is 3.11. The van der Waals surface area contributed by atoms with Crippen molar-refractivity contribution in [2.45, 2.75) is 52.1 Å². The molecule has 0 bridgehead atoms. The molecule has 0 heterocycles. The van der Waals surface area contributed by atoms with Gasteiger partial charge in [0.2, 0.25) is 0 Å². The monoisotopic (exact) mass is 377 g/mol. The van der Waals surface area contributed by atoms with Crippen LogP contribution in [0.15, 0.2) is 30.3 Å². The number of anilines is 1. The summed E-state index contributed by atoms with van der Waals surface area (Å²) in [6.07, 6.45) is 3.62. The molecule has 0 radical (unpaired) electrons. The molecule has 0 saturated heterocycles. The number of benzene rings is 1. The van der Waals surface area contributed by atoms with Crippen molar-refractivity contribution >= 4 is 17.7 Å². The molecule has 1 aromatic rings. The van der Waals surface area contributed by atoms with Crippen LogP contribution in [-0.4, -0.2) is 37.5 Å². The van der Waals surface area contributed by atoms with Crippen molar-refractivity contribution in [2.24, 2.45) is 11.8 Å². The van der Waals surface area contributed by atoms with Crippen molar-refractivity contribution in [3.8, 4) is 0 Å². The van der Waals surface area contributed by atoms with Crippen molar-refractivity contribution in [3.63, 3.8) is 0 Å². The predicted octanol–water partition coefficient (Wildman–Crippen LogP) is 4.40. The van der Waals surface area contributed by atoms with Crippen molar-refractivity contribution < 1.29 is 23.8 Å². The lowest BCUT2D eigenvalue weighted by Crippen LogP contribution is -2.28. The van der Waals surface area contributed by atoms with Gasteiger partial charge in [0.1, 0.15) is 12.2 Å². The van der Waals surface area contributed by atoms with E-state index in [0.717, 1.165) is 31.4 Å². The van der Waals surface area contributed by atoms with Crippen LogP contribution in [0, 0.1) is 11.8 Å². The number of ether oxygens (including phenoxy) is 3. The first-order chi connectivity index (χ1) is 12.8. The van der Waals surface area contributed by atoms with Gasteiger partial charge in [-0.15, -0.1) is 0 Å². The van der Waals surface area contributed by atoms with Crippen LogP contribution in [0.25, 0.3) is 0 Å². The Morgan fingerprint density at radius 1 is 1.00 bits per heavy atom. The van der Waals surface area contributed by atoms with E-state index in [9.17, 15) is 9.59 Å². The van der Waals surface area contributed by atoms with Gasteiger partial charge in [-0.25, -0.2) is 9.59 Å². The molecule has 1 aliphatic carbocycles. The lowest BCUT2D eigenvalue weighted by atomic mass is 9.83. The fourth-order valence-electron chi connectivity index (χ4n) is 3.11. The zero-order valence-electron chi connectivity index (χ0n) is 16.5. The Kier molecular flexibility index (Phi) is 8.10. The SMILES string of the molecule is CC(C)(C)OC(=O)COCC1CCC(COC(=O)Nc2ccccc2)CC1. The van der Waals surface area contributed by atoms with Crippen LogP contribution in [0.2, 0.25) is 0 Å². The number of carbonyl (C=O) groups excluding carboxylic acids is 2. The Balaban J connectivity index is 1.56. The maximum absolute atomic E-state index is 11.8. The average molecular weight is 377 g/mol. The highest BCUT2D eigenvalue weighted by Gasteiger charge is 2.23. The summed E-state index contributed by atoms with van der Waals surface area (Å²) < 4.78 is 16.1. The number of carbonyl (C=O) groups is 2. The predicted molar refractivity (Wildman–Crippen MR) is 104 cm³/mol. The van der Waals surface area contributed by atoms with Crippen molar-refractivity contribution in [1.29, 1.82) is 0 Å². The maximum atomic E-state index is 11.8. The number of rotatable bonds is 7. The lowest BCUT2D eigenvalue weighted by Gasteiger charge is -2.28. The summed E-state index contributed by atoms with van der Waals surface area (Å²) in [6, 6.07) is 9.27. The zero-order valence-corrected chi connectivity index (χ0v) is 16.5. The summed E-state index contributed by atoms with van der Waals surface area (Å²) >= 11 is 0. The molecule has 1 fully saturated rings. The summed E-state index contributed by atoms with van der Waals surface area (Å²) in [5, 5.41) is 2.72. The third-order valence-corrected chi connectivity index (χ3v) is 4.43.